The van der Waals surface area contributed by atoms with E-state index < -0.39 is 5.60 Å². The van der Waals surface area contributed by atoms with Crippen molar-refractivity contribution in [3.63, 3.8) is 0 Å². The molecule has 4 rings (SSSR count). The number of nitrogens with zero attached hydrogens (tertiary/aromatic N) is 5. The Morgan fingerprint density at radius 2 is 2.00 bits per heavy atom. The van der Waals surface area contributed by atoms with E-state index in [2.05, 4.69) is 20.5 Å². The zero-order chi connectivity index (χ0) is 18.3. The zero-order valence-corrected chi connectivity index (χ0v) is 15.0. The maximum absolute atomic E-state index is 9.98. The predicted octanol–water partition coefficient (Wildman–Crippen LogP) is 3.57. The van der Waals surface area contributed by atoms with Crippen LogP contribution in [0.3, 0.4) is 0 Å². The van der Waals surface area contributed by atoms with Gasteiger partial charge in [-0.05, 0) is 44.2 Å². The monoisotopic (exact) mass is 369 g/mol. The average Bonchev–Trinajstić information content (AvgIpc) is 3.21. The summed E-state index contributed by atoms with van der Waals surface area (Å²) in [5, 5.41) is 22.8. The summed E-state index contributed by atoms with van der Waals surface area (Å²) in [6.45, 7) is 3.80. The van der Waals surface area contributed by atoms with Crippen molar-refractivity contribution in [3.8, 4) is 22.8 Å². The average molecular weight is 370 g/mol. The van der Waals surface area contributed by atoms with Crippen LogP contribution >= 0.6 is 11.6 Å². The Hall–Kier alpha value is -2.77. The van der Waals surface area contributed by atoms with Gasteiger partial charge in [-0.1, -0.05) is 34.1 Å². The van der Waals surface area contributed by atoms with E-state index in [9.17, 15) is 5.11 Å². The highest BCUT2D eigenvalue weighted by molar-refractivity contribution is 6.33. The molecule has 2 aromatic carbocycles. The lowest BCUT2D eigenvalue weighted by Gasteiger charge is -2.16. The minimum absolute atomic E-state index is 0.349. The maximum atomic E-state index is 9.98. The lowest BCUT2D eigenvalue weighted by atomic mass is 10.1. The molecule has 0 aliphatic rings. The van der Waals surface area contributed by atoms with Crippen molar-refractivity contribution in [3.05, 3.63) is 47.5 Å². The van der Waals surface area contributed by atoms with Crippen molar-refractivity contribution in [1.29, 1.82) is 0 Å². The molecule has 132 valence electrons. The Bertz CT molecular complexity index is 1080. The van der Waals surface area contributed by atoms with Gasteiger partial charge in [0, 0.05) is 5.56 Å². The smallest absolute Gasteiger partial charge is 0.259 e. The van der Waals surface area contributed by atoms with Crippen LogP contribution in [0.5, 0.6) is 0 Å². The first-order valence-electron chi connectivity index (χ1n) is 8.05. The van der Waals surface area contributed by atoms with E-state index in [4.69, 9.17) is 16.1 Å². The summed E-state index contributed by atoms with van der Waals surface area (Å²) >= 11 is 6.18. The number of hydrogen-bond acceptors (Lipinski definition) is 6. The van der Waals surface area contributed by atoms with Crippen molar-refractivity contribution >= 4 is 22.6 Å². The Kier molecular flexibility index (Phi) is 3.97. The van der Waals surface area contributed by atoms with E-state index in [0.717, 1.165) is 11.1 Å². The molecule has 4 aromatic rings. The van der Waals surface area contributed by atoms with E-state index in [1.807, 2.05) is 36.4 Å². The molecule has 2 heterocycles. The van der Waals surface area contributed by atoms with Crippen LogP contribution in [0.25, 0.3) is 33.9 Å². The molecule has 2 aromatic heterocycles. The molecule has 0 spiro atoms. The maximum Gasteiger partial charge on any atom is 0.259 e. The number of benzene rings is 2. The van der Waals surface area contributed by atoms with Gasteiger partial charge >= 0.3 is 0 Å². The Morgan fingerprint density at radius 3 is 2.77 bits per heavy atom. The van der Waals surface area contributed by atoms with Crippen LogP contribution in [0.15, 0.2) is 47.0 Å². The summed E-state index contributed by atoms with van der Waals surface area (Å²) in [6, 6.07) is 12.9. The number of rotatable bonds is 4. The number of halogens is 1. The van der Waals surface area contributed by atoms with Crippen molar-refractivity contribution in [1.82, 2.24) is 25.1 Å². The van der Waals surface area contributed by atoms with Crippen molar-refractivity contribution < 1.29 is 9.63 Å². The molecule has 1 N–H and O–H groups in total. The number of aromatic nitrogens is 5. The standard InChI is InChI=1S/C18H16ClN5O2/c1-18(2,25)10-24-15-8-7-11(9-14(15)21-23-24)16-20-17(26-22-16)12-5-3-4-6-13(12)19/h3-9,25H,10H2,1-2H3. The normalized spacial score (nSPS) is 12.0. The molecule has 7 nitrogen and oxygen atoms in total. The number of aliphatic hydroxyl groups is 1. The number of fused-ring (bicyclic) bond motifs is 1. The van der Waals surface area contributed by atoms with Gasteiger partial charge in [0.15, 0.2) is 0 Å². The summed E-state index contributed by atoms with van der Waals surface area (Å²) in [5.74, 6) is 0.801. The first kappa shape index (κ1) is 16.7. The third kappa shape index (κ3) is 3.18. The van der Waals surface area contributed by atoms with Gasteiger partial charge in [-0.25, -0.2) is 4.68 Å². The highest BCUT2D eigenvalue weighted by Crippen LogP contribution is 2.29. The summed E-state index contributed by atoms with van der Waals surface area (Å²) in [7, 11) is 0. The van der Waals surface area contributed by atoms with Crippen LogP contribution in [0.1, 0.15) is 13.8 Å². The second kappa shape index (κ2) is 6.19. The third-order valence-electron chi connectivity index (χ3n) is 3.84. The molecule has 0 saturated carbocycles. The summed E-state index contributed by atoms with van der Waals surface area (Å²) in [6.07, 6.45) is 0. The fraction of sp³-hybridized carbons (Fsp3) is 0.222. The molecule has 0 bridgehead atoms. The van der Waals surface area contributed by atoms with Crippen molar-refractivity contribution in [2.75, 3.05) is 0 Å². The first-order chi connectivity index (χ1) is 12.4. The van der Waals surface area contributed by atoms with Gasteiger partial charge in [0.25, 0.3) is 5.89 Å². The lowest BCUT2D eigenvalue weighted by molar-refractivity contribution is 0.0585. The van der Waals surface area contributed by atoms with E-state index in [1.54, 1.807) is 24.6 Å². The molecule has 0 atom stereocenters. The van der Waals surface area contributed by atoms with Crippen molar-refractivity contribution in [2.24, 2.45) is 0 Å². The van der Waals surface area contributed by atoms with Gasteiger partial charge in [-0.2, -0.15) is 4.98 Å². The summed E-state index contributed by atoms with van der Waals surface area (Å²) < 4.78 is 7.02. The molecule has 8 heteroatoms. The van der Waals surface area contributed by atoms with Gasteiger partial charge in [-0.3, -0.25) is 0 Å². The second-order valence-electron chi connectivity index (χ2n) is 6.67. The predicted molar refractivity (Wildman–Crippen MR) is 97.6 cm³/mol. The first-order valence-corrected chi connectivity index (χ1v) is 8.43. The largest absolute Gasteiger partial charge is 0.389 e. The topological polar surface area (TPSA) is 89.9 Å². The van der Waals surface area contributed by atoms with Gasteiger partial charge in [0.05, 0.1) is 28.2 Å². The molecule has 0 aliphatic heterocycles. The fourth-order valence-electron chi connectivity index (χ4n) is 2.68. The molecule has 0 fully saturated rings. The van der Waals surface area contributed by atoms with Gasteiger partial charge < -0.3 is 9.63 Å². The van der Waals surface area contributed by atoms with Crippen LogP contribution < -0.4 is 0 Å². The second-order valence-corrected chi connectivity index (χ2v) is 7.07. The van der Waals surface area contributed by atoms with Gasteiger partial charge in [0.2, 0.25) is 5.82 Å². The summed E-state index contributed by atoms with van der Waals surface area (Å²) in [5.41, 5.74) is 2.08. The molecule has 0 amide bonds. The van der Waals surface area contributed by atoms with Gasteiger partial charge in [0.1, 0.15) is 5.52 Å². The number of hydrogen-bond donors (Lipinski definition) is 1. The molecule has 0 unspecified atom stereocenters. The molecular formula is C18H16ClN5O2. The molecule has 0 saturated heterocycles. The zero-order valence-electron chi connectivity index (χ0n) is 14.2. The van der Waals surface area contributed by atoms with E-state index in [0.29, 0.717) is 34.4 Å². The van der Waals surface area contributed by atoms with Crippen LogP contribution in [0, 0.1) is 0 Å². The Morgan fingerprint density at radius 1 is 1.19 bits per heavy atom. The van der Waals surface area contributed by atoms with E-state index in [1.165, 1.54) is 0 Å². The van der Waals surface area contributed by atoms with E-state index in [-0.39, 0.29) is 0 Å². The van der Waals surface area contributed by atoms with Crippen LogP contribution in [-0.4, -0.2) is 35.8 Å². The van der Waals surface area contributed by atoms with Crippen LogP contribution in [-0.2, 0) is 6.54 Å². The van der Waals surface area contributed by atoms with Gasteiger partial charge in [-0.15, -0.1) is 5.10 Å². The molecular weight excluding hydrogens is 354 g/mol. The minimum atomic E-state index is -0.878. The fourth-order valence-corrected chi connectivity index (χ4v) is 2.90. The molecule has 0 aliphatic carbocycles. The van der Waals surface area contributed by atoms with E-state index >= 15 is 0 Å². The molecule has 0 radical (unpaired) electrons. The quantitative estimate of drug-likeness (QED) is 0.591. The Labute approximate surface area is 154 Å². The van der Waals surface area contributed by atoms with Crippen molar-refractivity contribution in [2.45, 2.75) is 26.0 Å². The minimum Gasteiger partial charge on any atom is -0.389 e. The lowest BCUT2D eigenvalue weighted by Crippen LogP contribution is -2.26. The highest BCUT2D eigenvalue weighted by Gasteiger charge is 2.18. The summed E-state index contributed by atoms with van der Waals surface area (Å²) in [4.78, 5) is 4.43. The highest BCUT2D eigenvalue weighted by atomic mass is 35.5. The van der Waals surface area contributed by atoms with Crippen LogP contribution in [0.2, 0.25) is 5.02 Å². The molecule has 26 heavy (non-hydrogen) atoms. The van der Waals surface area contributed by atoms with Crippen LogP contribution in [0.4, 0.5) is 0 Å². The SMILES string of the molecule is CC(C)(O)Cn1nnc2cc(-c3noc(-c4ccccc4Cl)n3)ccc21. The third-order valence-corrected chi connectivity index (χ3v) is 4.17. The Balaban J connectivity index is 1.69.